The average Bonchev–Trinajstić information content (AvgIpc) is 3.22. The Labute approximate surface area is 154 Å². The number of ether oxygens (including phenoxy) is 1. The monoisotopic (exact) mass is 358 g/mol. The molecule has 5 heteroatoms. The summed E-state index contributed by atoms with van der Waals surface area (Å²) in [5, 5.41) is 4.12. The lowest BCUT2D eigenvalue weighted by molar-refractivity contribution is 0.0212. The highest BCUT2D eigenvalue weighted by molar-refractivity contribution is 7.22. The quantitative estimate of drug-likeness (QED) is 0.536. The molecule has 126 valence electrons. The average molecular weight is 358 g/mol. The van der Waals surface area contributed by atoms with Crippen molar-refractivity contribution in [3.63, 3.8) is 0 Å². The van der Waals surface area contributed by atoms with E-state index in [1.807, 2.05) is 72.8 Å². The second kappa shape index (κ2) is 5.68. The SMILES string of the molecule is O=C1OC(Nc2nc3ccccc3s2)(c2ccccc2)c2ccccc21. The zero-order valence-electron chi connectivity index (χ0n) is 13.7. The van der Waals surface area contributed by atoms with Crippen LogP contribution in [0.3, 0.4) is 0 Å². The molecule has 2 heterocycles. The summed E-state index contributed by atoms with van der Waals surface area (Å²) in [5.41, 5.74) is 2.07. The molecule has 1 N–H and O–H groups in total. The zero-order valence-corrected chi connectivity index (χ0v) is 14.5. The van der Waals surface area contributed by atoms with Gasteiger partial charge in [0, 0.05) is 11.1 Å². The van der Waals surface area contributed by atoms with Crippen molar-refractivity contribution in [2.75, 3.05) is 5.32 Å². The number of aromatic nitrogens is 1. The third kappa shape index (κ3) is 2.21. The van der Waals surface area contributed by atoms with Gasteiger partial charge in [-0.15, -0.1) is 0 Å². The van der Waals surface area contributed by atoms with Crippen molar-refractivity contribution in [2.45, 2.75) is 5.72 Å². The van der Waals surface area contributed by atoms with Crippen molar-refractivity contribution in [3.8, 4) is 0 Å². The molecule has 0 saturated heterocycles. The first-order valence-electron chi connectivity index (χ1n) is 8.28. The van der Waals surface area contributed by atoms with E-state index in [-0.39, 0.29) is 5.97 Å². The molecule has 0 radical (unpaired) electrons. The van der Waals surface area contributed by atoms with Crippen molar-refractivity contribution in [2.24, 2.45) is 0 Å². The van der Waals surface area contributed by atoms with Gasteiger partial charge in [-0.05, 0) is 18.2 Å². The van der Waals surface area contributed by atoms with Gasteiger partial charge < -0.3 is 10.1 Å². The molecule has 26 heavy (non-hydrogen) atoms. The summed E-state index contributed by atoms with van der Waals surface area (Å²) in [5.74, 6) is -0.335. The van der Waals surface area contributed by atoms with Crippen molar-refractivity contribution in [1.82, 2.24) is 4.98 Å². The van der Waals surface area contributed by atoms with Crippen LogP contribution in [0.15, 0.2) is 78.9 Å². The van der Waals surface area contributed by atoms with Gasteiger partial charge in [-0.2, -0.15) is 0 Å². The highest BCUT2D eigenvalue weighted by atomic mass is 32.1. The summed E-state index contributed by atoms with van der Waals surface area (Å²) in [6.45, 7) is 0. The van der Waals surface area contributed by atoms with Crippen LogP contribution in [-0.4, -0.2) is 11.0 Å². The van der Waals surface area contributed by atoms with Crippen molar-refractivity contribution < 1.29 is 9.53 Å². The standard InChI is InChI=1S/C21H14N2O2S/c24-19-15-10-4-5-11-16(15)21(25-19,14-8-2-1-3-9-14)23-20-22-17-12-6-7-13-18(17)26-20/h1-13H,(H,22,23). The summed E-state index contributed by atoms with van der Waals surface area (Å²) >= 11 is 1.54. The van der Waals surface area contributed by atoms with E-state index in [9.17, 15) is 4.79 Å². The summed E-state index contributed by atoms with van der Waals surface area (Å²) in [4.78, 5) is 17.2. The van der Waals surface area contributed by atoms with E-state index >= 15 is 0 Å². The van der Waals surface area contributed by atoms with Gasteiger partial charge in [0.1, 0.15) is 0 Å². The number of rotatable bonds is 3. The molecule has 0 spiro atoms. The first-order valence-corrected chi connectivity index (χ1v) is 9.10. The lowest BCUT2D eigenvalue weighted by Gasteiger charge is -2.30. The minimum Gasteiger partial charge on any atom is -0.427 e. The Hall–Kier alpha value is -3.18. The predicted octanol–water partition coefficient (Wildman–Crippen LogP) is 4.78. The molecule has 0 bridgehead atoms. The number of carbonyl (C=O) groups excluding carboxylic acids is 1. The van der Waals surface area contributed by atoms with E-state index in [0.29, 0.717) is 10.7 Å². The number of benzene rings is 3. The normalized spacial score (nSPS) is 18.5. The molecule has 0 amide bonds. The Morgan fingerprint density at radius 2 is 1.62 bits per heavy atom. The van der Waals surface area contributed by atoms with Crippen LogP contribution < -0.4 is 5.32 Å². The first-order chi connectivity index (χ1) is 12.8. The molecule has 1 atom stereocenters. The molecule has 1 unspecified atom stereocenters. The number of nitrogens with one attached hydrogen (secondary N) is 1. The molecule has 1 aromatic heterocycles. The van der Waals surface area contributed by atoms with Gasteiger partial charge >= 0.3 is 5.97 Å². The van der Waals surface area contributed by atoms with E-state index in [4.69, 9.17) is 4.74 Å². The molecule has 0 saturated carbocycles. The minimum absolute atomic E-state index is 0.335. The zero-order chi connectivity index (χ0) is 17.6. The topological polar surface area (TPSA) is 51.2 Å². The summed E-state index contributed by atoms with van der Waals surface area (Å²) in [6.07, 6.45) is 0. The second-order valence-corrected chi connectivity index (χ2v) is 7.12. The van der Waals surface area contributed by atoms with E-state index in [1.54, 1.807) is 6.07 Å². The number of anilines is 1. The van der Waals surface area contributed by atoms with E-state index < -0.39 is 5.72 Å². The van der Waals surface area contributed by atoms with Gasteiger partial charge in [0.25, 0.3) is 0 Å². The summed E-state index contributed by atoms with van der Waals surface area (Å²) in [6, 6.07) is 25.2. The Balaban J connectivity index is 1.70. The highest BCUT2D eigenvalue weighted by Crippen LogP contribution is 2.43. The van der Waals surface area contributed by atoms with Crippen LogP contribution in [0.1, 0.15) is 21.5 Å². The number of thiazole rings is 1. The van der Waals surface area contributed by atoms with Gasteiger partial charge in [0.2, 0.25) is 5.72 Å². The van der Waals surface area contributed by atoms with Crippen LogP contribution in [0.4, 0.5) is 5.13 Å². The molecular weight excluding hydrogens is 344 g/mol. The fraction of sp³-hybridized carbons (Fsp3) is 0.0476. The highest BCUT2D eigenvalue weighted by Gasteiger charge is 2.47. The number of fused-ring (bicyclic) bond motifs is 2. The van der Waals surface area contributed by atoms with E-state index in [0.717, 1.165) is 21.3 Å². The largest absolute Gasteiger partial charge is 0.427 e. The van der Waals surface area contributed by atoms with Gasteiger partial charge in [-0.3, -0.25) is 0 Å². The van der Waals surface area contributed by atoms with Crippen molar-refractivity contribution in [3.05, 3.63) is 95.6 Å². The predicted molar refractivity (Wildman–Crippen MR) is 102 cm³/mol. The molecular formula is C21H14N2O2S. The molecule has 0 aliphatic carbocycles. The molecule has 3 aromatic carbocycles. The maximum absolute atomic E-state index is 12.5. The van der Waals surface area contributed by atoms with E-state index in [2.05, 4.69) is 10.3 Å². The van der Waals surface area contributed by atoms with Crippen LogP contribution in [0.5, 0.6) is 0 Å². The number of para-hydroxylation sites is 1. The van der Waals surface area contributed by atoms with Crippen LogP contribution in [0.25, 0.3) is 10.2 Å². The third-order valence-electron chi connectivity index (χ3n) is 4.53. The van der Waals surface area contributed by atoms with Crippen molar-refractivity contribution in [1.29, 1.82) is 0 Å². The van der Waals surface area contributed by atoms with E-state index in [1.165, 1.54) is 11.3 Å². The molecule has 1 aliphatic heterocycles. The summed E-state index contributed by atoms with van der Waals surface area (Å²) in [7, 11) is 0. The van der Waals surface area contributed by atoms with Crippen LogP contribution in [0, 0.1) is 0 Å². The smallest absolute Gasteiger partial charge is 0.341 e. The number of carbonyl (C=O) groups is 1. The number of esters is 1. The van der Waals surface area contributed by atoms with Crippen molar-refractivity contribution >= 4 is 32.7 Å². The summed E-state index contributed by atoms with van der Waals surface area (Å²) < 4.78 is 7.00. The Morgan fingerprint density at radius 1 is 0.885 bits per heavy atom. The molecule has 0 fully saturated rings. The van der Waals surface area contributed by atoms with Crippen LogP contribution >= 0.6 is 11.3 Å². The van der Waals surface area contributed by atoms with Gasteiger partial charge in [-0.1, -0.05) is 72.0 Å². The van der Waals surface area contributed by atoms with Gasteiger partial charge in [-0.25, -0.2) is 9.78 Å². The molecule has 4 aromatic rings. The van der Waals surface area contributed by atoms with Gasteiger partial charge in [0.15, 0.2) is 5.13 Å². The molecule has 4 nitrogen and oxygen atoms in total. The van der Waals surface area contributed by atoms with Gasteiger partial charge in [0.05, 0.1) is 15.8 Å². The number of cyclic esters (lactones) is 1. The van der Waals surface area contributed by atoms with Crippen LogP contribution in [-0.2, 0) is 10.5 Å². The Kier molecular flexibility index (Phi) is 3.30. The number of hydrogen-bond donors (Lipinski definition) is 1. The first kappa shape index (κ1) is 15.1. The second-order valence-electron chi connectivity index (χ2n) is 6.09. The lowest BCUT2D eigenvalue weighted by Crippen LogP contribution is -2.36. The fourth-order valence-corrected chi connectivity index (χ4v) is 4.26. The fourth-order valence-electron chi connectivity index (χ4n) is 3.35. The maximum atomic E-state index is 12.5. The Morgan fingerprint density at radius 3 is 2.46 bits per heavy atom. The number of nitrogens with zero attached hydrogens (tertiary/aromatic N) is 1. The maximum Gasteiger partial charge on any atom is 0.341 e. The molecule has 5 rings (SSSR count). The lowest BCUT2D eigenvalue weighted by atomic mass is 9.93. The Bertz CT molecular complexity index is 1090. The van der Waals surface area contributed by atoms with Crippen LogP contribution in [0.2, 0.25) is 0 Å². The number of hydrogen-bond acceptors (Lipinski definition) is 5. The minimum atomic E-state index is -1.08. The molecule has 1 aliphatic rings. The third-order valence-corrected chi connectivity index (χ3v) is 5.48.